The van der Waals surface area contributed by atoms with Crippen molar-refractivity contribution in [1.82, 2.24) is 9.80 Å². The summed E-state index contributed by atoms with van der Waals surface area (Å²) in [6.07, 6.45) is 6.81. The fraction of sp³-hybridized carbons (Fsp3) is 1.00. The van der Waals surface area contributed by atoms with Crippen molar-refractivity contribution in [1.29, 1.82) is 0 Å². The molecular weight excluding hydrogens is 260 g/mol. The maximum Gasteiger partial charge on any atom is 0.0569 e. The standard InChI is InChI=1S/C14H30N2S2/c1-3-4-5-8-16-9-6-13(7-10-16)11-15(2)12-14(17)18/h13-14,17-18H,3-12H2,1-2H3. The number of rotatable bonds is 8. The molecule has 0 radical (unpaired) electrons. The van der Waals surface area contributed by atoms with Crippen LogP contribution >= 0.6 is 25.3 Å². The van der Waals surface area contributed by atoms with E-state index >= 15 is 0 Å². The minimum absolute atomic E-state index is 0.184. The summed E-state index contributed by atoms with van der Waals surface area (Å²) in [6, 6.07) is 0. The van der Waals surface area contributed by atoms with E-state index in [9.17, 15) is 0 Å². The Morgan fingerprint density at radius 3 is 2.44 bits per heavy atom. The van der Waals surface area contributed by atoms with Crippen molar-refractivity contribution in [2.45, 2.75) is 43.6 Å². The highest BCUT2D eigenvalue weighted by molar-refractivity contribution is 7.99. The Hall–Kier alpha value is 0.620. The van der Waals surface area contributed by atoms with Gasteiger partial charge in [0.15, 0.2) is 0 Å². The van der Waals surface area contributed by atoms with Crippen molar-refractivity contribution >= 4 is 25.3 Å². The first-order valence-electron chi connectivity index (χ1n) is 7.38. The molecule has 1 heterocycles. The lowest BCUT2D eigenvalue weighted by atomic mass is 9.96. The highest BCUT2D eigenvalue weighted by atomic mass is 32.2. The average Bonchev–Trinajstić information content (AvgIpc) is 2.30. The molecule has 2 nitrogen and oxygen atoms in total. The van der Waals surface area contributed by atoms with Crippen molar-refractivity contribution in [3.05, 3.63) is 0 Å². The van der Waals surface area contributed by atoms with Crippen LogP contribution in [0.5, 0.6) is 0 Å². The van der Waals surface area contributed by atoms with Crippen molar-refractivity contribution < 1.29 is 0 Å². The second kappa shape index (κ2) is 9.51. The molecule has 0 unspecified atom stereocenters. The monoisotopic (exact) mass is 290 g/mol. The molecule has 0 bridgehead atoms. The summed E-state index contributed by atoms with van der Waals surface area (Å²) in [5.41, 5.74) is 0. The molecule has 0 aromatic carbocycles. The predicted molar refractivity (Wildman–Crippen MR) is 87.9 cm³/mol. The van der Waals surface area contributed by atoms with Gasteiger partial charge < -0.3 is 9.80 Å². The highest BCUT2D eigenvalue weighted by Crippen LogP contribution is 2.19. The molecule has 0 N–H and O–H groups in total. The summed E-state index contributed by atoms with van der Waals surface area (Å²) in [5.74, 6) is 0.873. The van der Waals surface area contributed by atoms with E-state index in [2.05, 4.69) is 49.0 Å². The third kappa shape index (κ3) is 7.27. The van der Waals surface area contributed by atoms with Gasteiger partial charge in [0.05, 0.1) is 4.58 Å². The van der Waals surface area contributed by atoms with Crippen molar-refractivity contribution in [2.24, 2.45) is 5.92 Å². The van der Waals surface area contributed by atoms with Crippen LogP contribution in [-0.2, 0) is 0 Å². The van der Waals surface area contributed by atoms with E-state index in [1.54, 1.807) is 0 Å². The second-order valence-corrected chi connectivity index (χ2v) is 7.35. The minimum atomic E-state index is 0.184. The molecule has 1 fully saturated rings. The summed E-state index contributed by atoms with van der Waals surface area (Å²) in [6.45, 7) is 8.37. The Morgan fingerprint density at radius 2 is 1.89 bits per heavy atom. The summed E-state index contributed by atoms with van der Waals surface area (Å²) < 4.78 is 0.184. The topological polar surface area (TPSA) is 6.48 Å². The third-order valence-electron chi connectivity index (χ3n) is 3.83. The van der Waals surface area contributed by atoms with E-state index in [-0.39, 0.29) is 4.58 Å². The number of nitrogens with zero attached hydrogens (tertiary/aromatic N) is 2. The average molecular weight is 291 g/mol. The number of hydrogen-bond donors (Lipinski definition) is 2. The van der Waals surface area contributed by atoms with Crippen LogP contribution < -0.4 is 0 Å². The molecule has 0 amide bonds. The molecule has 0 saturated carbocycles. The molecule has 0 aromatic heterocycles. The molecule has 0 aromatic rings. The number of piperidine rings is 1. The highest BCUT2D eigenvalue weighted by Gasteiger charge is 2.20. The SMILES string of the molecule is CCCCCN1CCC(CN(C)CC(S)S)CC1. The van der Waals surface area contributed by atoms with Crippen molar-refractivity contribution in [3.63, 3.8) is 0 Å². The van der Waals surface area contributed by atoms with Crippen molar-refractivity contribution in [3.8, 4) is 0 Å². The smallest absolute Gasteiger partial charge is 0.0569 e. The third-order valence-corrected chi connectivity index (χ3v) is 4.16. The van der Waals surface area contributed by atoms with Crippen LogP contribution in [0.2, 0.25) is 0 Å². The predicted octanol–water partition coefficient (Wildman–Crippen LogP) is 3.01. The first-order valence-corrected chi connectivity index (χ1v) is 8.42. The fourth-order valence-corrected chi connectivity index (χ4v) is 3.33. The van der Waals surface area contributed by atoms with E-state index < -0.39 is 0 Å². The molecule has 1 aliphatic heterocycles. The number of likely N-dealkylation sites (tertiary alicyclic amines) is 1. The largest absolute Gasteiger partial charge is 0.304 e. The Morgan fingerprint density at radius 1 is 1.22 bits per heavy atom. The Balaban J connectivity index is 2.11. The van der Waals surface area contributed by atoms with Gasteiger partial charge in [-0.05, 0) is 51.9 Å². The first-order chi connectivity index (χ1) is 8.61. The van der Waals surface area contributed by atoms with Gasteiger partial charge in [0, 0.05) is 13.1 Å². The van der Waals surface area contributed by atoms with Gasteiger partial charge in [0.1, 0.15) is 0 Å². The van der Waals surface area contributed by atoms with Crippen LogP contribution in [0, 0.1) is 5.92 Å². The molecule has 0 aliphatic carbocycles. The van der Waals surface area contributed by atoms with Crippen LogP contribution in [0.3, 0.4) is 0 Å². The lowest BCUT2D eigenvalue weighted by molar-refractivity contribution is 0.154. The molecule has 1 aliphatic rings. The molecule has 0 spiro atoms. The van der Waals surface area contributed by atoms with E-state index in [1.807, 2.05) is 0 Å². The summed E-state index contributed by atoms with van der Waals surface area (Å²) in [4.78, 5) is 5.02. The molecule has 0 atom stereocenters. The molecule has 1 rings (SSSR count). The van der Waals surface area contributed by atoms with Gasteiger partial charge in [-0.2, -0.15) is 25.3 Å². The Labute approximate surface area is 124 Å². The van der Waals surface area contributed by atoms with E-state index in [0.717, 1.165) is 12.5 Å². The molecule has 18 heavy (non-hydrogen) atoms. The maximum absolute atomic E-state index is 4.33. The zero-order valence-electron chi connectivity index (χ0n) is 12.0. The zero-order chi connectivity index (χ0) is 13.4. The zero-order valence-corrected chi connectivity index (χ0v) is 13.8. The van der Waals surface area contributed by atoms with E-state index in [1.165, 1.54) is 58.3 Å². The van der Waals surface area contributed by atoms with E-state index in [0.29, 0.717) is 0 Å². The van der Waals surface area contributed by atoms with Gasteiger partial charge in [-0.15, -0.1) is 0 Å². The molecule has 4 heteroatoms. The summed E-state index contributed by atoms with van der Waals surface area (Å²) >= 11 is 8.66. The normalized spacial score (nSPS) is 19.0. The lowest BCUT2D eigenvalue weighted by Gasteiger charge is -2.34. The molecule has 108 valence electrons. The molecular formula is C14H30N2S2. The van der Waals surface area contributed by atoms with Crippen LogP contribution in [0.15, 0.2) is 0 Å². The number of hydrogen-bond acceptors (Lipinski definition) is 4. The number of unbranched alkanes of at least 4 members (excludes halogenated alkanes) is 2. The maximum atomic E-state index is 4.33. The van der Waals surface area contributed by atoms with Crippen LogP contribution in [0.25, 0.3) is 0 Å². The van der Waals surface area contributed by atoms with Gasteiger partial charge >= 0.3 is 0 Å². The summed E-state index contributed by atoms with van der Waals surface area (Å²) in [7, 11) is 2.19. The number of thiol groups is 2. The quantitative estimate of drug-likeness (QED) is 0.403. The lowest BCUT2D eigenvalue weighted by Crippen LogP contribution is -2.39. The van der Waals surface area contributed by atoms with Gasteiger partial charge in [-0.25, -0.2) is 0 Å². The summed E-state index contributed by atoms with van der Waals surface area (Å²) in [5, 5.41) is 0. The Kier molecular flexibility index (Phi) is 8.81. The first kappa shape index (κ1) is 16.7. The van der Waals surface area contributed by atoms with Crippen LogP contribution in [0.4, 0.5) is 0 Å². The fourth-order valence-electron chi connectivity index (χ4n) is 2.77. The van der Waals surface area contributed by atoms with Gasteiger partial charge in [-0.3, -0.25) is 0 Å². The van der Waals surface area contributed by atoms with Crippen LogP contribution in [0.1, 0.15) is 39.0 Å². The van der Waals surface area contributed by atoms with Gasteiger partial charge in [0.25, 0.3) is 0 Å². The van der Waals surface area contributed by atoms with Crippen LogP contribution in [-0.4, -0.2) is 54.2 Å². The van der Waals surface area contributed by atoms with E-state index in [4.69, 9.17) is 0 Å². The second-order valence-electron chi connectivity index (χ2n) is 5.69. The van der Waals surface area contributed by atoms with Gasteiger partial charge in [-0.1, -0.05) is 19.8 Å². The molecule has 1 saturated heterocycles. The Bertz CT molecular complexity index is 204. The van der Waals surface area contributed by atoms with Crippen molar-refractivity contribution in [2.75, 3.05) is 39.8 Å². The minimum Gasteiger partial charge on any atom is -0.304 e. The van der Waals surface area contributed by atoms with Gasteiger partial charge in [0.2, 0.25) is 0 Å².